The standard InChI is InChI=1S/C18H25NO5/c1-5-12(3)17(18(22)23-4)19-16(21)11-24-14-9-7-13(8-10-14)15(20)6-2/h7-10,12,17H,5-6,11H2,1-4H3,(H,19,21)/t12-,17+/m1/s1. The van der Waals surface area contributed by atoms with Crippen molar-refractivity contribution in [3.8, 4) is 5.75 Å². The third-order valence-corrected chi connectivity index (χ3v) is 3.85. The van der Waals surface area contributed by atoms with Crippen LogP contribution in [0.25, 0.3) is 0 Å². The van der Waals surface area contributed by atoms with E-state index in [4.69, 9.17) is 9.47 Å². The van der Waals surface area contributed by atoms with Crippen molar-refractivity contribution >= 4 is 17.7 Å². The van der Waals surface area contributed by atoms with Crippen molar-refractivity contribution in [2.45, 2.75) is 39.7 Å². The molecule has 0 bridgehead atoms. The van der Waals surface area contributed by atoms with Crippen molar-refractivity contribution < 1.29 is 23.9 Å². The summed E-state index contributed by atoms with van der Waals surface area (Å²) in [4.78, 5) is 35.3. The first-order chi connectivity index (χ1) is 11.4. The van der Waals surface area contributed by atoms with Gasteiger partial charge in [0.25, 0.3) is 5.91 Å². The molecule has 1 N–H and O–H groups in total. The number of carbonyl (C=O) groups excluding carboxylic acids is 3. The average molecular weight is 335 g/mol. The van der Waals surface area contributed by atoms with Crippen molar-refractivity contribution in [1.29, 1.82) is 0 Å². The second kappa shape index (κ2) is 9.70. The number of Topliss-reactive ketones (excluding diaryl/α,β-unsaturated/α-hetero) is 1. The van der Waals surface area contributed by atoms with Gasteiger partial charge in [0.1, 0.15) is 11.8 Å². The Morgan fingerprint density at radius 2 is 1.75 bits per heavy atom. The molecule has 0 aliphatic rings. The van der Waals surface area contributed by atoms with Gasteiger partial charge in [0.05, 0.1) is 7.11 Å². The van der Waals surface area contributed by atoms with E-state index in [0.29, 0.717) is 17.7 Å². The predicted octanol–water partition coefficient (Wildman–Crippen LogP) is 2.36. The summed E-state index contributed by atoms with van der Waals surface area (Å²) in [5, 5.41) is 2.63. The van der Waals surface area contributed by atoms with E-state index in [1.54, 1.807) is 31.2 Å². The quantitative estimate of drug-likeness (QED) is 0.553. The Balaban J connectivity index is 2.58. The molecule has 0 spiro atoms. The lowest BCUT2D eigenvalue weighted by atomic mass is 9.99. The number of ketones is 1. The van der Waals surface area contributed by atoms with Crippen LogP contribution in [-0.2, 0) is 14.3 Å². The molecular formula is C18H25NO5. The Morgan fingerprint density at radius 1 is 1.12 bits per heavy atom. The third-order valence-electron chi connectivity index (χ3n) is 3.85. The van der Waals surface area contributed by atoms with Crippen LogP contribution in [0.4, 0.5) is 0 Å². The molecule has 1 amide bonds. The van der Waals surface area contributed by atoms with Gasteiger partial charge in [-0.25, -0.2) is 4.79 Å². The third kappa shape index (κ3) is 5.68. The molecule has 6 heteroatoms. The molecule has 6 nitrogen and oxygen atoms in total. The average Bonchev–Trinajstić information content (AvgIpc) is 2.62. The molecular weight excluding hydrogens is 310 g/mol. The second-order valence-corrected chi connectivity index (χ2v) is 5.54. The largest absolute Gasteiger partial charge is 0.484 e. The molecule has 0 aliphatic heterocycles. The summed E-state index contributed by atoms with van der Waals surface area (Å²) >= 11 is 0. The van der Waals surface area contributed by atoms with Gasteiger partial charge in [0, 0.05) is 12.0 Å². The predicted molar refractivity (Wildman–Crippen MR) is 90.0 cm³/mol. The smallest absolute Gasteiger partial charge is 0.328 e. The molecule has 1 rings (SSSR count). The minimum absolute atomic E-state index is 0.0410. The van der Waals surface area contributed by atoms with E-state index in [2.05, 4.69) is 5.32 Å². The van der Waals surface area contributed by atoms with E-state index < -0.39 is 17.9 Å². The molecule has 0 fully saturated rings. The first-order valence-electron chi connectivity index (χ1n) is 8.06. The van der Waals surface area contributed by atoms with Crippen molar-refractivity contribution in [2.75, 3.05) is 13.7 Å². The zero-order chi connectivity index (χ0) is 18.1. The number of nitrogens with one attached hydrogen (secondary N) is 1. The molecule has 0 aromatic heterocycles. The summed E-state index contributed by atoms with van der Waals surface area (Å²) in [7, 11) is 1.29. The van der Waals surface area contributed by atoms with E-state index in [-0.39, 0.29) is 18.3 Å². The second-order valence-electron chi connectivity index (χ2n) is 5.54. The summed E-state index contributed by atoms with van der Waals surface area (Å²) in [6.45, 7) is 5.38. The number of hydrogen-bond donors (Lipinski definition) is 1. The van der Waals surface area contributed by atoms with Gasteiger partial charge in [-0.2, -0.15) is 0 Å². The van der Waals surface area contributed by atoms with Crippen LogP contribution < -0.4 is 10.1 Å². The Morgan fingerprint density at radius 3 is 2.25 bits per heavy atom. The summed E-state index contributed by atoms with van der Waals surface area (Å²) in [5.74, 6) is -0.384. The number of methoxy groups -OCH3 is 1. The van der Waals surface area contributed by atoms with Gasteiger partial charge in [0.15, 0.2) is 12.4 Å². The molecule has 0 saturated heterocycles. The number of ether oxygens (including phenoxy) is 2. The summed E-state index contributed by atoms with van der Waals surface area (Å²) < 4.78 is 10.1. The van der Waals surface area contributed by atoms with Crippen LogP contribution in [0, 0.1) is 5.92 Å². The van der Waals surface area contributed by atoms with Crippen LogP contribution in [0.3, 0.4) is 0 Å². The molecule has 0 unspecified atom stereocenters. The summed E-state index contributed by atoms with van der Waals surface area (Å²) in [5.41, 5.74) is 0.608. The maximum Gasteiger partial charge on any atom is 0.328 e. The Kier molecular flexibility index (Phi) is 7.95. The van der Waals surface area contributed by atoms with Gasteiger partial charge in [-0.1, -0.05) is 27.2 Å². The Hall–Kier alpha value is -2.37. The number of rotatable bonds is 9. The number of amides is 1. The van der Waals surface area contributed by atoms with E-state index in [9.17, 15) is 14.4 Å². The van der Waals surface area contributed by atoms with Crippen molar-refractivity contribution in [3.05, 3.63) is 29.8 Å². The van der Waals surface area contributed by atoms with E-state index >= 15 is 0 Å². The molecule has 0 aliphatic carbocycles. The summed E-state index contributed by atoms with van der Waals surface area (Å²) in [6.07, 6.45) is 1.17. The van der Waals surface area contributed by atoms with Crippen LogP contribution in [0.1, 0.15) is 44.0 Å². The van der Waals surface area contributed by atoms with Gasteiger partial charge in [-0.05, 0) is 30.2 Å². The summed E-state index contributed by atoms with van der Waals surface area (Å²) in [6, 6.07) is 5.91. The fraction of sp³-hybridized carbons (Fsp3) is 0.500. The molecule has 132 valence electrons. The number of esters is 1. The highest BCUT2D eigenvalue weighted by Gasteiger charge is 2.26. The SMILES string of the molecule is CCC(=O)c1ccc(OCC(=O)N[C@H](C(=O)OC)[C@H](C)CC)cc1. The van der Waals surface area contributed by atoms with Crippen molar-refractivity contribution in [1.82, 2.24) is 5.32 Å². The monoisotopic (exact) mass is 335 g/mol. The highest BCUT2D eigenvalue weighted by molar-refractivity contribution is 5.95. The normalized spacial score (nSPS) is 12.8. The highest BCUT2D eigenvalue weighted by atomic mass is 16.5. The Labute approximate surface area is 142 Å². The first kappa shape index (κ1) is 19.7. The van der Waals surface area contributed by atoms with Gasteiger partial charge in [-0.3, -0.25) is 9.59 Å². The van der Waals surface area contributed by atoms with E-state index in [1.165, 1.54) is 7.11 Å². The van der Waals surface area contributed by atoms with Crippen molar-refractivity contribution in [2.24, 2.45) is 5.92 Å². The van der Waals surface area contributed by atoms with Gasteiger partial charge >= 0.3 is 5.97 Å². The fourth-order valence-electron chi connectivity index (χ4n) is 2.10. The van der Waals surface area contributed by atoms with Crippen molar-refractivity contribution in [3.63, 3.8) is 0 Å². The van der Waals surface area contributed by atoms with Crippen LogP contribution in [0.2, 0.25) is 0 Å². The minimum Gasteiger partial charge on any atom is -0.484 e. The van der Waals surface area contributed by atoms with E-state index in [0.717, 1.165) is 6.42 Å². The fourth-order valence-corrected chi connectivity index (χ4v) is 2.10. The Bertz CT molecular complexity index is 567. The number of carbonyl (C=O) groups is 3. The zero-order valence-corrected chi connectivity index (χ0v) is 14.6. The number of benzene rings is 1. The van der Waals surface area contributed by atoms with Crippen LogP contribution in [0.5, 0.6) is 5.75 Å². The maximum absolute atomic E-state index is 12.0. The van der Waals surface area contributed by atoms with Gasteiger partial charge < -0.3 is 14.8 Å². The molecule has 0 radical (unpaired) electrons. The highest BCUT2D eigenvalue weighted by Crippen LogP contribution is 2.14. The first-order valence-corrected chi connectivity index (χ1v) is 8.06. The minimum atomic E-state index is -0.694. The lowest BCUT2D eigenvalue weighted by Crippen LogP contribution is -2.47. The van der Waals surface area contributed by atoms with Crippen LogP contribution in [-0.4, -0.2) is 37.4 Å². The molecule has 24 heavy (non-hydrogen) atoms. The number of hydrogen-bond acceptors (Lipinski definition) is 5. The van der Waals surface area contributed by atoms with E-state index in [1.807, 2.05) is 13.8 Å². The van der Waals surface area contributed by atoms with Gasteiger partial charge in [0.2, 0.25) is 0 Å². The molecule has 1 aromatic carbocycles. The molecule has 0 heterocycles. The lowest BCUT2D eigenvalue weighted by Gasteiger charge is -2.21. The zero-order valence-electron chi connectivity index (χ0n) is 14.6. The molecule has 2 atom stereocenters. The van der Waals surface area contributed by atoms with Gasteiger partial charge in [-0.15, -0.1) is 0 Å². The van der Waals surface area contributed by atoms with Crippen LogP contribution in [0.15, 0.2) is 24.3 Å². The molecule has 1 aromatic rings. The molecule has 0 saturated carbocycles. The topological polar surface area (TPSA) is 81.7 Å². The maximum atomic E-state index is 12.0. The van der Waals surface area contributed by atoms with Crippen LogP contribution >= 0.6 is 0 Å². The lowest BCUT2D eigenvalue weighted by molar-refractivity contribution is -0.146.